The average molecular weight is 183 g/mol. The molecule has 0 heterocycles. The lowest BCUT2D eigenvalue weighted by atomic mass is 10.0. The zero-order valence-electron chi connectivity index (χ0n) is 8.75. The number of rotatable bonds is 7. The van der Waals surface area contributed by atoms with E-state index in [0.717, 1.165) is 32.3 Å². The van der Waals surface area contributed by atoms with Gasteiger partial charge in [-0.25, -0.2) is 0 Å². The van der Waals surface area contributed by atoms with Crippen LogP contribution in [-0.2, 0) is 4.74 Å². The van der Waals surface area contributed by atoms with Gasteiger partial charge in [-0.2, -0.15) is 0 Å². The van der Waals surface area contributed by atoms with E-state index < -0.39 is 0 Å². The standard InChI is InChI=1S/C11H21NO/c1-4-7-8-9-10(12)11(5-2)13-6-3/h1,10-11H,5-9,12H2,2-3H3. The Balaban J connectivity index is 3.64. The summed E-state index contributed by atoms with van der Waals surface area (Å²) in [6.45, 7) is 4.83. The van der Waals surface area contributed by atoms with Gasteiger partial charge in [0.15, 0.2) is 0 Å². The fourth-order valence-electron chi connectivity index (χ4n) is 1.38. The molecule has 0 aromatic heterocycles. The van der Waals surface area contributed by atoms with Crippen molar-refractivity contribution in [3.05, 3.63) is 0 Å². The molecular weight excluding hydrogens is 162 g/mol. The molecule has 76 valence electrons. The Labute approximate surface area is 81.8 Å². The highest BCUT2D eigenvalue weighted by molar-refractivity contribution is 4.84. The third-order valence-electron chi connectivity index (χ3n) is 2.12. The molecular formula is C11H21NO. The van der Waals surface area contributed by atoms with Crippen molar-refractivity contribution in [3.8, 4) is 12.3 Å². The summed E-state index contributed by atoms with van der Waals surface area (Å²) in [4.78, 5) is 0. The number of terminal acetylenes is 1. The van der Waals surface area contributed by atoms with Crippen molar-refractivity contribution in [1.29, 1.82) is 0 Å². The fourth-order valence-corrected chi connectivity index (χ4v) is 1.38. The van der Waals surface area contributed by atoms with Crippen LogP contribution in [0.3, 0.4) is 0 Å². The Morgan fingerprint density at radius 2 is 2.15 bits per heavy atom. The van der Waals surface area contributed by atoms with Crippen molar-refractivity contribution in [2.45, 2.75) is 51.7 Å². The average Bonchev–Trinajstić information content (AvgIpc) is 2.14. The topological polar surface area (TPSA) is 35.2 Å². The van der Waals surface area contributed by atoms with Crippen LogP contribution in [0.1, 0.15) is 39.5 Å². The molecule has 2 heteroatoms. The van der Waals surface area contributed by atoms with Gasteiger partial charge in [-0.15, -0.1) is 12.3 Å². The Morgan fingerprint density at radius 1 is 1.46 bits per heavy atom. The highest BCUT2D eigenvalue weighted by Crippen LogP contribution is 2.08. The molecule has 0 aromatic rings. The molecule has 13 heavy (non-hydrogen) atoms. The van der Waals surface area contributed by atoms with Gasteiger partial charge in [0.1, 0.15) is 0 Å². The van der Waals surface area contributed by atoms with E-state index in [2.05, 4.69) is 12.8 Å². The molecule has 0 aromatic carbocycles. The van der Waals surface area contributed by atoms with Crippen molar-refractivity contribution in [1.82, 2.24) is 0 Å². The lowest BCUT2D eigenvalue weighted by Crippen LogP contribution is -2.36. The number of unbranched alkanes of at least 4 members (excludes halogenated alkanes) is 1. The van der Waals surface area contributed by atoms with Crippen LogP contribution < -0.4 is 5.73 Å². The molecule has 2 N–H and O–H groups in total. The van der Waals surface area contributed by atoms with Crippen molar-refractivity contribution in [3.63, 3.8) is 0 Å². The highest BCUT2D eigenvalue weighted by atomic mass is 16.5. The predicted molar refractivity (Wildman–Crippen MR) is 56.4 cm³/mol. The van der Waals surface area contributed by atoms with Gasteiger partial charge in [0, 0.05) is 19.1 Å². The fraction of sp³-hybridized carbons (Fsp3) is 0.818. The SMILES string of the molecule is C#CCCCC(N)C(CC)OCC. The first-order valence-corrected chi connectivity index (χ1v) is 5.06. The van der Waals surface area contributed by atoms with Crippen molar-refractivity contribution in [2.24, 2.45) is 5.73 Å². The summed E-state index contributed by atoms with van der Waals surface area (Å²) in [7, 11) is 0. The molecule has 0 radical (unpaired) electrons. The van der Waals surface area contributed by atoms with E-state index in [9.17, 15) is 0 Å². The summed E-state index contributed by atoms with van der Waals surface area (Å²) < 4.78 is 5.51. The minimum Gasteiger partial charge on any atom is -0.377 e. The minimum absolute atomic E-state index is 0.137. The van der Waals surface area contributed by atoms with Crippen LogP contribution in [0, 0.1) is 12.3 Å². The summed E-state index contributed by atoms with van der Waals surface area (Å²) in [5.74, 6) is 2.62. The van der Waals surface area contributed by atoms with Crippen LogP contribution in [0.15, 0.2) is 0 Å². The largest absolute Gasteiger partial charge is 0.377 e. The molecule has 0 aliphatic rings. The second kappa shape index (κ2) is 8.10. The monoisotopic (exact) mass is 183 g/mol. The summed E-state index contributed by atoms with van der Waals surface area (Å²) in [5, 5.41) is 0. The molecule has 2 atom stereocenters. The Morgan fingerprint density at radius 3 is 2.62 bits per heavy atom. The zero-order chi connectivity index (χ0) is 10.1. The van der Waals surface area contributed by atoms with Gasteiger partial charge >= 0.3 is 0 Å². The molecule has 0 rings (SSSR count). The lowest BCUT2D eigenvalue weighted by Gasteiger charge is -2.22. The number of hydrogen-bond donors (Lipinski definition) is 1. The number of hydrogen-bond acceptors (Lipinski definition) is 2. The second-order valence-electron chi connectivity index (χ2n) is 3.16. The van der Waals surface area contributed by atoms with Crippen molar-refractivity contribution < 1.29 is 4.74 Å². The van der Waals surface area contributed by atoms with Crippen LogP contribution in [0.25, 0.3) is 0 Å². The van der Waals surface area contributed by atoms with Gasteiger partial charge in [0.05, 0.1) is 6.10 Å². The van der Waals surface area contributed by atoms with Crippen LogP contribution >= 0.6 is 0 Å². The van der Waals surface area contributed by atoms with Gasteiger partial charge in [0.2, 0.25) is 0 Å². The Kier molecular flexibility index (Phi) is 7.77. The summed E-state index contributed by atoms with van der Waals surface area (Å²) in [6.07, 6.45) is 9.11. The number of ether oxygens (including phenoxy) is 1. The third-order valence-corrected chi connectivity index (χ3v) is 2.12. The molecule has 2 nitrogen and oxygen atoms in total. The molecule has 0 spiro atoms. The maximum absolute atomic E-state index is 5.96. The van der Waals surface area contributed by atoms with E-state index in [0.29, 0.717) is 0 Å². The van der Waals surface area contributed by atoms with E-state index >= 15 is 0 Å². The smallest absolute Gasteiger partial charge is 0.0723 e. The van der Waals surface area contributed by atoms with Gasteiger partial charge in [-0.05, 0) is 26.2 Å². The quantitative estimate of drug-likeness (QED) is 0.483. The molecule has 0 saturated heterocycles. The van der Waals surface area contributed by atoms with E-state index in [-0.39, 0.29) is 12.1 Å². The van der Waals surface area contributed by atoms with E-state index in [4.69, 9.17) is 16.9 Å². The van der Waals surface area contributed by atoms with Crippen molar-refractivity contribution >= 4 is 0 Å². The second-order valence-corrected chi connectivity index (χ2v) is 3.16. The molecule has 0 saturated carbocycles. The maximum Gasteiger partial charge on any atom is 0.0723 e. The van der Waals surface area contributed by atoms with Crippen LogP contribution in [0.4, 0.5) is 0 Å². The summed E-state index contributed by atoms with van der Waals surface area (Å²) in [5.41, 5.74) is 5.96. The Hall–Kier alpha value is -0.520. The van der Waals surface area contributed by atoms with E-state index in [1.54, 1.807) is 0 Å². The molecule has 0 fully saturated rings. The number of nitrogens with two attached hydrogens (primary N) is 1. The maximum atomic E-state index is 5.96. The first kappa shape index (κ1) is 12.5. The molecule has 0 aliphatic heterocycles. The van der Waals surface area contributed by atoms with Crippen molar-refractivity contribution in [2.75, 3.05) is 6.61 Å². The summed E-state index contributed by atoms with van der Waals surface area (Å²) in [6, 6.07) is 0.137. The molecule has 2 unspecified atom stereocenters. The van der Waals surface area contributed by atoms with Gasteiger partial charge in [-0.3, -0.25) is 0 Å². The summed E-state index contributed by atoms with van der Waals surface area (Å²) >= 11 is 0. The molecule has 0 aliphatic carbocycles. The lowest BCUT2D eigenvalue weighted by molar-refractivity contribution is 0.0393. The molecule has 0 amide bonds. The zero-order valence-corrected chi connectivity index (χ0v) is 8.75. The molecule has 0 bridgehead atoms. The predicted octanol–water partition coefficient (Wildman–Crippen LogP) is 1.93. The Bertz CT molecular complexity index is 151. The van der Waals surface area contributed by atoms with Crippen LogP contribution in [-0.4, -0.2) is 18.8 Å². The van der Waals surface area contributed by atoms with E-state index in [1.807, 2.05) is 6.92 Å². The minimum atomic E-state index is 0.137. The van der Waals surface area contributed by atoms with Gasteiger partial charge in [-0.1, -0.05) is 6.92 Å². The van der Waals surface area contributed by atoms with Gasteiger partial charge < -0.3 is 10.5 Å². The normalized spacial score (nSPS) is 14.9. The first-order valence-electron chi connectivity index (χ1n) is 5.06. The van der Waals surface area contributed by atoms with Crippen LogP contribution in [0.2, 0.25) is 0 Å². The third kappa shape index (κ3) is 5.68. The van der Waals surface area contributed by atoms with Crippen LogP contribution in [0.5, 0.6) is 0 Å². The van der Waals surface area contributed by atoms with E-state index in [1.165, 1.54) is 0 Å². The first-order chi connectivity index (χ1) is 6.26. The van der Waals surface area contributed by atoms with Gasteiger partial charge in [0.25, 0.3) is 0 Å². The highest BCUT2D eigenvalue weighted by Gasteiger charge is 2.14.